The number of anilines is 1. The molecule has 1 atom stereocenters. The standard InChI is InChI=1S/C13H16FN3O4S/c14-12-9-3-7(5-15)1-2-8(9)4-10(18)13(12)17-6-11(19)16-22(17,20)21/h4,7,18H,1-3,5-6,15H2,(H,16,19). The van der Waals surface area contributed by atoms with Crippen LogP contribution >= 0.6 is 0 Å². The van der Waals surface area contributed by atoms with E-state index in [9.17, 15) is 22.7 Å². The topological polar surface area (TPSA) is 113 Å². The minimum absolute atomic E-state index is 0.120. The average molecular weight is 329 g/mol. The van der Waals surface area contributed by atoms with Gasteiger partial charge in [0.15, 0.2) is 5.82 Å². The largest absolute Gasteiger partial charge is 0.506 e. The molecular weight excluding hydrogens is 313 g/mol. The van der Waals surface area contributed by atoms with Crippen LogP contribution in [-0.2, 0) is 27.8 Å². The minimum atomic E-state index is -4.17. The molecule has 2 aliphatic rings. The number of nitrogens with one attached hydrogen (secondary N) is 1. The molecule has 0 aromatic heterocycles. The molecule has 3 rings (SSSR count). The van der Waals surface area contributed by atoms with E-state index in [0.29, 0.717) is 34.8 Å². The summed E-state index contributed by atoms with van der Waals surface area (Å²) in [6.45, 7) is -0.136. The summed E-state index contributed by atoms with van der Waals surface area (Å²) in [7, 11) is -4.17. The fourth-order valence-corrected chi connectivity index (χ4v) is 4.16. The molecule has 1 aromatic rings. The molecule has 22 heavy (non-hydrogen) atoms. The van der Waals surface area contributed by atoms with Gasteiger partial charge in [0.1, 0.15) is 18.0 Å². The van der Waals surface area contributed by atoms with Crippen LogP contribution in [0.5, 0.6) is 5.75 Å². The number of aryl methyl sites for hydroxylation is 1. The van der Waals surface area contributed by atoms with Crippen LogP contribution < -0.4 is 14.8 Å². The van der Waals surface area contributed by atoms with Gasteiger partial charge in [-0.15, -0.1) is 0 Å². The quantitative estimate of drug-likeness (QED) is 0.694. The Balaban J connectivity index is 2.12. The van der Waals surface area contributed by atoms with Gasteiger partial charge in [-0.2, -0.15) is 8.42 Å². The van der Waals surface area contributed by atoms with Crippen LogP contribution in [0, 0.1) is 11.7 Å². The molecule has 1 fully saturated rings. The lowest BCUT2D eigenvalue weighted by Gasteiger charge is -2.27. The second-order valence-electron chi connectivity index (χ2n) is 5.58. The molecule has 0 spiro atoms. The highest BCUT2D eigenvalue weighted by molar-refractivity contribution is 7.92. The van der Waals surface area contributed by atoms with Crippen LogP contribution in [0.2, 0.25) is 0 Å². The lowest BCUT2D eigenvalue weighted by atomic mass is 9.83. The van der Waals surface area contributed by atoms with Gasteiger partial charge < -0.3 is 10.8 Å². The fraction of sp³-hybridized carbons (Fsp3) is 0.462. The number of hydrogen-bond donors (Lipinski definition) is 3. The molecule has 0 radical (unpaired) electrons. The number of phenolic OH excluding ortho intramolecular Hbond substituents is 1. The first-order valence-electron chi connectivity index (χ1n) is 6.90. The SMILES string of the molecule is NCC1CCc2cc(O)c(N3CC(=O)NS3(=O)=O)c(F)c2C1. The van der Waals surface area contributed by atoms with Crippen molar-refractivity contribution < 1.29 is 22.7 Å². The zero-order valence-electron chi connectivity index (χ0n) is 11.7. The molecule has 1 aliphatic carbocycles. The summed E-state index contributed by atoms with van der Waals surface area (Å²) in [5, 5.41) is 10.0. The highest BCUT2D eigenvalue weighted by Gasteiger charge is 2.38. The normalized spacial score (nSPS) is 23.3. The van der Waals surface area contributed by atoms with E-state index in [2.05, 4.69) is 0 Å². The average Bonchev–Trinajstić information content (AvgIpc) is 2.71. The molecule has 7 nitrogen and oxygen atoms in total. The highest BCUT2D eigenvalue weighted by atomic mass is 32.2. The number of rotatable bonds is 2. The number of carbonyl (C=O) groups is 1. The summed E-state index contributed by atoms with van der Waals surface area (Å²) in [5.41, 5.74) is 6.17. The Bertz CT molecular complexity index is 750. The lowest BCUT2D eigenvalue weighted by Crippen LogP contribution is -2.31. The van der Waals surface area contributed by atoms with Crippen molar-refractivity contribution in [3.63, 3.8) is 0 Å². The van der Waals surface area contributed by atoms with Gasteiger partial charge >= 0.3 is 10.2 Å². The number of hydrogen-bond acceptors (Lipinski definition) is 5. The number of phenols is 1. The zero-order valence-corrected chi connectivity index (χ0v) is 12.5. The first kappa shape index (κ1) is 15.0. The monoisotopic (exact) mass is 329 g/mol. The van der Waals surface area contributed by atoms with E-state index in [-0.39, 0.29) is 5.92 Å². The molecule has 4 N–H and O–H groups in total. The first-order chi connectivity index (χ1) is 10.3. The molecule has 1 aromatic carbocycles. The Hall–Kier alpha value is -1.87. The summed E-state index contributed by atoms with van der Waals surface area (Å²) >= 11 is 0. The zero-order chi connectivity index (χ0) is 16.1. The predicted octanol–water partition coefficient (Wildman–Crippen LogP) is -0.224. The van der Waals surface area contributed by atoms with Crippen LogP contribution in [0.4, 0.5) is 10.1 Å². The Morgan fingerprint density at radius 3 is 2.82 bits per heavy atom. The molecule has 1 heterocycles. The number of nitrogens with zero attached hydrogens (tertiary/aromatic N) is 1. The van der Waals surface area contributed by atoms with Gasteiger partial charge in [0, 0.05) is 0 Å². The first-order valence-corrected chi connectivity index (χ1v) is 8.34. The van der Waals surface area contributed by atoms with Gasteiger partial charge in [0.2, 0.25) is 0 Å². The van der Waals surface area contributed by atoms with Crippen molar-refractivity contribution >= 4 is 21.8 Å². The number of benzene rings is 1. The molecular formula is C13H16FN3O4S. The minimum Gasteiger partial charge on any atom is -0.506 e. The van der Waals surface area contributed by atoms with E-state index < -0.39 is 39.9 Å². The van der Waals surface area contributed by atoms with Crippen LogP contribution in [0.25, 0.3) is 0 Å². The highest BCUT2D eigenvalue weighted by Crippen LogP contribution is 2.40. The summed E-state index contributed by atoms with van der Waals surface area (Å²) in [4.78, 5) is 11.3. The van der Waals surface area contributed by atoms with E-state index in [0.717, 1.165) is 6.42 Å². The van der Waals surface area contributed by atoms with Gasteiger partial charge in [-0.05, 0) is 48.9 Å². The molecule has 1 saturated heterocycles. The number of aromatic hydroxyl groups is 1. The Morgan fingerprint density at radius 1 is 1.50 bits per heavy atom. The van der Waals surface area contributed by atoms with Gasteiger partial charge in [0.05, 0.1) is 0 Å². The van der Waals surface area contributed by atoms with Crippen molar-refractivity contribution in [2.75, 3.05) is 17.4 Å². The third-order valence-corrected chi connectivity index (χ3v) is 5.51. The van der Waals surface area contributed by atoms with Crippen LogP contribution in [0.3, 0.4) is 0 Å². The maximum absolute atomic E-state index is 14.8. The van der Waals surface area contributed by atoms with Crippen molar-refractivity contribution in [1.29, 1.82) is 0 Å². The molecule has 0 saturated carbocycles. The smallest absolute Gasteiger partial charge is 0.326 e. The molecule has 1 aliphatic heterocycles. The van der Waals surface area contributed by atoms with E-state index in [1.165, 1.54) is 6.07 Å². The van der Waals surface area contributed by atoms with Crippen molar-refractivity contribution in [1.82, 2.24) is 4.72 Å². The third-order valence-electron chi connectivity index (χ3n) is 4.13. The summed E-state index contributed by atoms with van der Waals surface area (Å²) in [6.07, 6.45) is 1.76. The fourth-order valence-electron chi connectivity index (χ4n) is 3.00. The van der Waals surface area contributed by atoms with Crippen molar-refractivity contribution in [3.05, 3.63) is 23.0 Å². The van der Waals surface area contributed by atoms with Gasteiger partial charge in [-0.25, -0.2) is 13.4 Å². The maximum Gasteiger partial charge on any atom is 0.326 e. The van der Waals surface area contributed by atoms with E-state index in [1.807, 2.05) is 0 Å². The summed E-state index contributed by atoms with van der Waals surface area (Å²) in [6, 6.07) is 1.37. The predicted molar refractivity (Wildman–Crippen MR) is 77.0 cm³/mol. The van der Waals surface area contributed by atoms with Gasteiger partial charge in [-0.1, -0.05) is 0 Å². The van der Waals surface area contributed by atoms with Crippen LogP contribution in [0.15, 0.2) is 6.07 Å². The molecule has 1 amide bonds. The Labute approximate surface area is 127 Å². The molecule has 0 bridgehead atoms. The molecule has 1 unspecified atom stereocenters. The second-order valence-corrected chi connectivity index (χ2v) is 7.17. The molecule has 9 heteroatoms. The summed E-state index contributed by atoms with van der Waals surface area (Å²) in [5.74, 6) is -1.93. The van der Waals surface area contributed by atoms with Gasteiger partial charge in [0.25, 0.3) is 5.91 Å². The number of halogens is 1. The van der Waals surface area contributed by atoms with Crippen LogP contribution in [0.1, 0.15) is 17.5 Å². The van der Waals surface area contributed by atoms with Crippen molar-refractivity contribution in [2.24, 2.45) is 11.7 Å². The number of carbonyl (C=O) groups excluding carboxylic acids is 1. The third kappa shape index (κ3) is 2.30. The maximum atomic E-state index is 14.8. The summed E-state index contributed by atoms with van der Waals surface area (Å²) < 4.78 is 40.8. The van der Waals surface area contributed by atoms with E-state index >= 15 is 0 Å². The van der Waals surface area contributed by atoms with E-state index in [1.54, 1.807) is 4.72 Å². The number of amides is 1. The number of nitrogens with two attached hydrogens (primary N) is 1. The van der Waals surface area contributed by atoms with Gasteiger partial charge in [-0.3, -0.25) is 4.79 Å². The second kappa shape index (κ2) is 5.10. The van der Waals surface area contributed by atoms with Crippen molar-refractivity contribution in [3.8, 4) is 5.75 Å². The lowest BCUT2D eigenvalue weighted by molar-refractivity contribution is -0.117. The molecule has 120 valence electrons. The Kier molecular flexibility index (Phi) is 3.48. The van der Waals surface area contributed by atoms with E-state index in [4.69, 9.17) is 5.73 Å². The Morgan fingerprint density at radius 2 is 2.23 bits per heavy atom. The van der Waals surface area contributed by atoms with Crippen LogP contribution in [-0.4, -0.2) is 32.5 Å². The number of fused-ring (bicyclic) bond motifs is 1. The van der Waals surface area contributed by atoms with Crippen molar-refractivity contribution in [2.45, 2.75) is 19.3 Å².